The summed E-state index contributed by atoms with van der Waals surface area (Å²) in [5.74, 6) is -0.365. The molecule has 0 atom stereocenters. The Bertz CT molecular complexity index is 1270. The number of rotatable bonds is 6. The second-order valence-corrected chi connectivity index (χ2v) is 7.64. The van der Waals surface area contributed by atoms with Crippen LogP contribution in [-0.4, -0.2) is 32.2 Å². The molecule has 2 aromatic heterocycles. The molecule has 32 heavy (non-hydrogen) atoms. The summed E-state index contributed by atoms with van der Waals surface area (Å²) in [4.78, 5) is 25.5. The normalized spacial score (nSPS) is 13.0. The second-order valence-electron chi connectivity index (χ2n) is 7.64. The minimum absolute atomic E-state index is 0.152. The number of halogens is 1. The van der Waals surface area contributed by atoms with Crippen LogP contribution in [0.5, 0.6) is 0 Å². The third kappa shape index (κ3) is 4.02. The molecule has 8 heteroatoms. The van der Waals surface area contributed by atoms with Gasteiger partial charge < -0.3 is 15.2 Å². The number of carbonyl (C=O) groups is 2. The van der Waals surface area contributed by atoms with Gasteiger partial charge in [0.05, 0.1) is 11.9 Å². The van der Waals surface area contributed by atoms with Crippen LogP contribution in [0.1, 0.15) is 33.6 Å². The third-order valence-corrected chi connectivity index (χ3v) is 5.20. The molecule has 2 N–H and O–H groups in total. The molecule has 2 amide bonds. The van der Waals surface area contributed by atoms with Crippen molar-refractivity contribution < 1.29 is 14.0 Å². The van der Waals surface area contributed by atoms with Gasteiger partial charge in [0.2, 0.25) is 0 Å². The molecule has 0 aliphatic heterocycles. The molecule has 4 aromatic rings. The second kappa shape index (κ2) is 8.14. The topological polar surface area (TPSA) is 81.0 Å². The fourth-order valence-electron chi connectivity index (χ4n) is 3.43. The lowest BCUT2D eigenvalue weighted by molar-refractivity contribution is 0.0949. The monoisotopic (exact) mass is 429 g/mol. The van der Waals surface area contributed by atoms with Gasteiger partial charge in [0.1, 0.15) is 11.4 Å². The van der Waals surface area contributed by atoms with Crippen LogP contribution in [0.2, 0.25) is 0 Å². The first-order chi connectivity index (χ1) is 15.6. The fraction of sp³-hybridized carbons (Fsp3) is 0.125. The van der Waals surface area contributed by atoms with Gasteiger partial charge in [-0.15, -0.1) is 0 Å². The largest absolute Gasteiger partial charge is 0.349 e. The molecule has 0 spiro atoms. The van der Waals surface area contributed by atoms with Gasteiger partial charge >= 0.3 is 0 Å². The highest BCUT2D eigenvalue weighted by atomic mass is 19.1. The first-order valence-corrected chi connectivity index (χ1v) is 10.3. The molecule has 5 rings (SSSR count). The van der Waals surface area contributed by atoms with Crippen molar-refractivity contribution in [3.63, 3.8) is 0 Å². The number of amides is 2. The maximum Gasteiger partial charge on any atom is 0.261 e. The Morgan fingerprint density at radius 3 is 2.44 bits per heavy atom. The highest BCUT2D eigenvalue weighted by Gasteiger charge is 2.24. The summed E-state index contributed by atoms with van der Waals surface area (Å²) in [6, 6.07) is 16.6. The number of nitrogens with zero attached hydrogens (tertiary/aromatic N) is 3. The third-order valence-electron chi connectivity index (χ3n) is 5.20. The highest BCUT2D eigenvalue weighted by Crippen LogP contribution is 2.23. The van der Waals surface area contributed by atoms with Crippen LogP contribution in [0.25, 0.3) is 11.5 Å². The van der Waals surface area contributed by atoms with E-state index >= 15 is 0 Å². The molecule has 160 valence electrons. The van der Waals surface area contributed by atoms with Gasteiger partial charge in [0.25, 0.3) is 11.8 Å². The van der Waals surface area contributed by atoms with Crippen molar-refractivity contribution in [1.29, 1.82) is 0 Å². The Kier molecular flexibility index (Phi) is 5.03. The molecule has 2 heterocycles. The Morgan fingerprint density at radius 2 is 1.72 bits per heavy atom. The van der Waals surface area contributed by atoms with E-state index in [1.54, 1.807) is 58.0 Å². The van der Waals surface area contributed by atoms with E-state index in [2.05, 4.69) is 15.7 Å². The van der Waals surface area contributed by atoms with Crippen LogP contribution in [0.15, 0.2) is 79.3 Å². The molecule has 1 aliphatic carbocycles. The zero-order chi connectivity index (χ0) is 22.1. The number of nitrogens with one attached hydrogen (secondary N) is 2. The predicted octanol–water partition coefficient (Wildman–Crippen LogP) is 3.95. The number of anilines is 1. The van der Waals surface area contributed by atoms with Gasteiger partial charge in [-0.05, 0) is 67.4 Å². The maximum atomic E-state index is 13.4. The lowest BCUT2D eigenvalue weighted by atomic mass is 10.1. The van der Waals surface area contributed by atoms with E-state index in [1.807, 2.05) is 12.1 Å². The summed E-state index contributed by atoms with van der Waals surface area (Å²) in [7, 11) is 0. The molecule has 0 saturated heterocycles. The quantitative estimate of drug-likeness (QED) is 0.487. The van der Waals surface area contributed by atoms with Crippen molar-refractivity contribution in [2.45, 2.75) is 18.9 Å². The minimum Gasteiger partial charge on any atom is -0.349 e. The van der Waals surface area contributed by atoms with Crippen molar-refractivity contribution in [3.05, 3.63) is 96.2 Å². The van der Waals surface area contributed by atoms with E-state index in [0.29, 0.717) is 28.3 Å². The minimum atomic E-state index is -0.373. The Balaban J connectivity index is 1.45. The molecule has 0 unspecified atom stereocenters. The lowest BCUT2D eigenvalue weighted by Gasteiger charge is -2.12. The molecular weight excluding hydrogens is 409 g/mol. The number of aromatic nitrogens is 3. The predicted molar refractivity (Wildman–Crippen MR) is 118 cm³/mol. The van der Waals surface area contributed by atoms with Crippen LogP contribution in [0.4, 0.5) is 10.1 Å². The molecule has 7 nitrogen and oxygen atoms in total. The SMILES string of the molecule is O=C(NC1CC1)c1cccc(NC(=O)c2cnn(-c3ccc(F)cc3)c2-n2cccc2)c1. The van der Waals surface area contributed by atoms with Gasteiger partial charge in [-0.3, -0.25) is 9.59 Å². The Hall–Kier alpha value is -4.20. The average Bonchev–Trinajstić information content (AvgIpc) is 3.26. The molecule has 2 aromatic carbocycles. The van der Waals surface area contributed by atoms with Gasteiger partial charge in [0, 0.05) is 29.7 Å². The lowest BCUT2D eigenvalue weighted by Crippen LogP contribution is -2.25. The molecule has 1 aliphatic rings. The molecule has 1 saturated carbocycles. The van der Waals surface area contributed by atoms with Crippen molar-refractivity contribution in [3.8, 4) is 11.5 Å². The van der Waals surface area contributed by atoms with E-state index in [1.165, 1.54) is 18.3 Å². The van der Waals surface area contributed by atoms with Gasteiger partial charge in [-0.1, -0.05) is 6.07 Å². The zero-order valence-electron chi connectivity index (χ0n) is 17.0. The van der Waals surface area contributed by atoms with E-state index in [-0.39, 0.29) is 23.7 Å². The van der Waals surface area contributed by atoms with Crippen molar-refractivity contribution in [2.75, 3.05) is 5.32 Å². The molecule has 0 radical (unpaired) electrons. The number of hydrogen-bond acceptors (Lipinski definition) is 3. The Morgan fingerprint density at radius 1 is 0.969 bits per heavy atom. The van der Waals surface area contributed by atoms with Crippen LogP contribution in [0.3, 0.4) is 0 Å². The molecular formula is C24H20FN5O2. The first kappa shape index (κ1) is 19.7. The number of hydrogen-bond donors (Lipinski definition) is 2. The summed E-state index contributed by atoms with van der Waals surface area (Å²) in [6.45, 7) is 0. The first-order valence-electron chi connectivity index (χ1n) is 10.3. The van der Waals surface area contributed by atoms with Crippen molar-refractivity contribution >= 4 is 17.5 Å². The average molecular weight is 429 g/mol. The summed E-state index contributed by atoms with van der Waals surface area (Å²) in [5, 5.41) is 10.2. The Labute approximate surface area is 183 Å². The highest BCUT2D eigenvalue weighted by molar-refractivity contribution is 6.07. The fourth-order valence-corrected chi connectivity index (χ4v) is 3.43. The van der Waals surface area contributed by atoms with Crippen LogP contribution in [0, 0.1) is 5.82 Å². The summed E-state index contributed by atoms with van der Waals surface area (Å²) in [6.07, 6.45) is 7.08. The smallest absolute Gasteiger partial charge is 0.261 e. The van der Waals surface area contributed by atoms with Gasteiger partial charge in [0.15, 0.2) is 5.82 Å². The van der Waals surface area contributed by atoms with E-state index in [4.69, 9.17) is 0 Å². The van der Waals surface area contributed by atoms with Crippen molar-refractivity contribution in [2.24, 2.45) is 0 Å². The van der Waals surface area contributed by atoms with E-state index < -0.39 is 0 Å². The number of benzene rings is 2. The van der Waals surface area contributed by atoms with Crippen LogP contribution >= 0.6 is 0 Å². The molecule has 0 bridgehead atoms. The van der Waals surface area contributed by atoms with E-state index in [0.717, 1.165) is 12.8 Å². The number of carbonyl (C=O) groups excluding carboxylic acids is 2. The van der Waals surface area contributed by atoms with Crippen LogP contribution < -0.4 is 10.6 Å². The molecule has 1 fully saturated rings. The summed E-state index contributed by atoms with van der Waals surface area (Å²) < 4.78 is 16.7. The van der Waals surface area contributed by atoms with Crippen LogP contribution in [-0.2, 0) is 0 Å². The standard InChI is InChI=1S/C24H20FN5O2/c25-17-6-10-20(11-7-17)30-24(29-12-1-2-13-29)21(15-26-30)23(32)28-19-5-3-4-16(14-19)22(31)27-18-8-9-18/h1-7,10-15,18H,8-9H2,(H,27,31)(H,28,32). The summed E-state index contributed by atoms with van der Waals surface area (Å²) in [5.41, 5.74) is 1.94. The van der Waals surface area contributed by atoms with Gasteiger partial charge in [-0.2, -0.15) is 5.10 Å². The summed E-state index contributed by atoms with van der Waals surface area (Å²) >= 11 is 0. The van der Waals surface area contributed by atoms with E-state index in [9.17, 15) is 14.0 Å². The maximum absolute atomic E-state index is 13.4. The zero-order valence-corrected chi connectivity index (χ0v) is 17.0. The van der Waals surface area contributed by atoms with Gasteiger partial charge in [-0.25, -0.2) is 9.07 Å². The van der Waals surface area contributed by atoms with Crippen molar-refractivity contribution in [1.82, 2.24) is 19.7 Å².